The minimum absolute atomic E-state index is 0.305. The van der Waals surface area contributed by atoms with Gasteiger partial charge in [0.05, 0.1) is 11.6 Å². The summed E-state index contributed by atoms with van der Waals surface area (Å²) in [5.74, 6) is -0.305. The number of halogens is 1. The quantitative estimate of drug-likeness (QED) is 0.663. The zero-order chi connectivity index (χ0) is 19.1. The molecule has 0 aliphatic carbocycles. The lowest BCUT2D eigenvalue weighted by Gasteiger charge is -2.09. The summed E-state index contributed by atoms with van der Waals surface area (Å²) in [5, 5.41) is 15.6. The van der Waals surface area contributed by atoms with Gasteiger partial charge in [0.1, 0.15) is 5.69 Å². The first-order valence-electron chi connectivity index (χ1n) is 8.40. The minimum atomic E-state index is -0.305. The van der Waals surface area contributed by atoms with Crippen LogP contribution in [0.2, 0.25) is 5.02 Å². The second kappa shape index (κ2) is 8.84. The van der Waals surface area contributed by atoms with Crippen LogP contribution in [-0.4, -0.2) is 17.4 Å². The summed E-state index contributed by atoms with van der Waals surface area (Å²) < 4.78 is 0. The lowest BCUT2D eigenvalue weighted by molar-refractivity contribution is 0.102. The van der Waals surface area contributed by atoms with E-state index in [2.05, 4.69) is 15.6 Å². The highest BCUT2D eigenvalue weighted by Gasteiger charge is 2.08. The summed E-state index contributed by atoms with van der Waals surface area (Å²) >= 11 is 5.89. The van der Waals surface area contributed by atoms with Crippen LogP contribution in [0.5, 0.6) is 0 Å². The molecule has 3 aromatic rings. The first kappa shape index (κ1) is 18.4. The Bertz CT molecular complexity index is 963. The molecule has 0 saturated carbocycles. The Morgan fingerprint density at radius 1 is 1.04 bits per heavy atom. The van der Waals surface area contributed by atoms with Crippen LogP contribution in [0.15, 0.2) is 66.9 Å². The summed E-state index contributed by atoms with van der Waals surface area (Å²) in [6.07, 6.45) is 2.44. The molecule has 0 unspecified atom stereocenters. The number of rotatable bonds is 6. The van der Waals surface area contributed by atoms with Crippen LogP contribution >= 0.6 is 11.6 Å². The lowest BCUT2D eigenvalue weighted by Crippen LogP contribution is -2.14. The number of anilines is 2. The molecule has 5 nitrogen and oxygen atoms in total. The van der Waals surface area contributed by atoms with Gasteiger partial charge in [-0.05, 0) is 60.5 Å². The largest absolute Gasteiger partial charge is 0.385 e. The molecular weight excluding hydrogens is 360 g/mol. The van der Waals surface area contributed by atoms with Gasteiger partial charge < -0.3 is 10.6 Å². The van der Waals surface area contributed by atoms with Crippen LogP contribution in [-0.2, 0) is 6.42 Å². The second-order valence-electron chi connectivity index (χ2n) is 5.88. The lowest BCUT2D eigenvalue weighted by atomic mass is 10.1. The topological polar surface area (TPSA) is 77.8 Å². The van der Waals surface area contributed by atoms with Crippen molar-refractivity contribution in [3.63, 3.8) is 0 Å². The number of carbonyl (C=O) groups excluding carboxylic acids is 1. The van der Waals surface area contributed by atoms with Gasteiger partial charge in [-0.15, -0.1) is 0 Å². The predicted molar refractivity (Wildman–Crippen MR) is 107 cm³/mol. The van der Waals surface area contributed by atoms with E-state index in [1.807, 2.05) is 36.4 Å². The SMILES string of the molecule is N#Cc1ccc(NC(=O)c2cc(NCCc3ccc(Cl)cc3)ccn2)cc1. The number of nitrogens with one attached hydrogen (secondary N) is 2. The molecule has 0 bridgehead atoms. The van der Waals surface area contributed by atoms with E-state index in [-0.39, 0.29) is 5.91 Å². The molecule has 0 aliphatic rings. The second-order valence-corrected chi connectivity index (χ2v) is 6.31. The Kier molecular flexibility index (Phi) is 6.03. The van der Waals surface area contributed by atoms with E-state index < -0.39 is 0 Å². The number of amides is 1. The van der Waals surface area contributed by atoms with E-state index >= 15 is 0 Å². The molecule has 134 valence electrons. The van der Waals surface area contributed by atoms with E-state index in [0.29, 0.717) is 16.9 Å². The number of hydrogen-bond donors (Lipinski definition) is 2. The molecule has 0 spiro atoms. The maximum Gasteiger partial charge on any atom is 0.274 e. The highest BCUT2D eigenvalue weighted by atomic mass is 35.5. The number of aromatic nitrogens is 1. The van der Waals surface area contributed by atoms with E-state index in [9.17, 15) is 4.79 Å². The summed E-state index contributed by atoms with van der Waals surface area (Å²) in [6, 6.07) is 20.0. The van der Waals surface area contributed by atoms with Gasteiger partial charge in [0.15, 0.2) is 0 Å². The van der Waals surface area contributed by atoms with Gasteiger partial charge in [-0.3, -0.25) is 9.78 Å². The molecule has 1 aromatic heterocycles. The van der Waals surface area contributed by atoms with Crippen LogP contribution in [0.25, 0.3) is 0 Å². The van der Waals surface area contributed by atoms with Crippen LogP contribution in [0.3, 0.4) is 0 Å². The Hall–Kier alpha value is -3.36. The van der Waals surface area contributed by atoms with E-state index in [4.69, 9.17) is 16.9 Å². The average Bonchev–Trinajstić information content (AvgIpc) is 2.70. The third-order valence-corrected chi connectivity index (χ3v) is 4.17. The number of benzene rings is 2. The highest BCUT2D eigenvalue weighted by molar-refractivity contribution is 6.30. The average molecular weight is 377 g/mol. The van der Waals surface area contributed by atoms with Crippen molar-refractivity contribution in [1.82, 2.24) is 4.98 Å². The summed E-state index contributed by atoms with van der Waals surface area (Å²) in [7, 11) is 0. The van der Waals surface area contributed by atoms with E-state index in [0.717, 1.165) is 23.7 Å². The fraction of sp³-hybridized carbons (Fsp3) is 0.0952. The summed E-state index contributed by atoms with van der Waals surface area (Å²) in [4.78, 5) is 16.5. The molecule has 0 fully saturated rings. The van der Waals surface area contributed by atoms with Gasteiger partial charge in [-0.1, -0.05) is 23.7 Å². The Morgan fingerprint density at radius 2 is 1.78 bits per heavy atom. The zero-order valence-corrected chi connectivity index (χ0v) is 15.2. The molecule has 3 rings (SSSR count). The molecule has 1 heterocycles. The number of carbonyl (C=O) groups is 1. The van der Waals surface area contributed by atoms with E-state index in [1.165, 1.54) is 5.56 Å². The molecule has 2 N–H and O–H groups in total. The van der Waals surface area contributed by atoms with Crippen molar-refractivity contribution in [3.8, 4) is 6.07 Å². The Labute approximate surface area is 162 Å². The third-order valence-electron chi connectivity index (χ3n) is 3.92. The van der Waals surface area contributed by atoms with Gasteiger partial charge in [-0.25, -0.2) is 0 Å². The van der Waals surface area contributed by atoms with Crippen LogP contribution in [0.1, 0.15) is 21.6 Å². The minimum Gasteiger partial charge on any atom is -0.385 e. The van der Waals surface area contributed by atoms with Crippen LogP contribution in [0.4, 0.5) is 11.4 Å². The van der Waals surface area contributed by atoms with Crippen LogP contribution < -0.4 is 10.6 Å². The smallest absolute Gasteiger partial charge is 0.274 e. The summed E-state index contributed by atoms with van der Waals surface area (Å²) in [5.41, 5.74) is 3.47. The Morgan fingerprint density at radius 3 is 2.48 bits per heavy atom. The molecule has 2 aromatic carbocycles. The van der Waals surface area contributed by atoms with Crippen molar-refractivity contribution in [1.29, 1.82) is 5.26 Å². The Balaban J connectivity index is 1.58. The van der Waals surface area contributed by atoms with Gasteiger partial charge in [0.25, 0.3) is 5.91 Å². The number of pyridine rings is 1. The molecule has 0 aliphatic heterocycles. The van der Waals surface area contributed by atoms with Gasteiger partial charge in [-0.2, -0.15) is 5.26 Å². The standard InChI is InChI=1S/C21H17ClN4O/c22-17-5-1-15(2-6-17)9-11-24-19-10-12-25-20(13-19)21(27)26-18-7-3-16(14-23)4-8-18/h1-8,10,12-13H,9,11H2,(H,24,25)(H,26,27). The van der Waals surface area contributed by atoms with E-state index in [1.54, 1.807) is 36.5 Å². The van der Waals surface area contributed by atoms with Gasteiger partial charge in [0.2, 0.25) is 0 Å². The van der Waals surface area contributed by atoms with Crippen molar-refractivity contribution in [2.45, 2.75) is 6.42 Å². The molecule has 6 heteroatoms. The maximum absolute atomic E-state index is 12.4. The summed E-state index contributed by atoms with van der Waals surface area (Å²) in [6.45, 7) is 0.725. The fourth-order valence-corrected chi connectivity index (χ4v) is 2.62. The van der Waals surface area contributed by atoms with Crippen molar-refractivity contribution in [2.75, 3.05) is 17.2 Å². The van der Waals surface area contributed by atoms with Gasteiger partial charge in [0, 0.05) is 29.1 Å². The normalized spacial score (nSPS) is 10.1. The molecule has 0 radical (unpaired) electrons. The molecule has 1 amide bonds. The first-order chi connectivity index (χ1) is 13.1. The van der Waals surface area contributed by atoms with Crippen molar-refractivity contribution < 1.29 is 4.79 Å². The third kappa shape index (κ3) is 5.30. The fourth-order valence-electron chi connectivity index (χ4n) is 2.49. The van der Waals surface area contributed by atoms with Crippen LogP contribution in [0, 0.1) is 11.3 Å². The highest BCUT2D eigenvalue weighted by Crippen LogP contribution is 2.14. The first-order valence-corrected chi connectivity index (χ1v) is 8.78. The molecule has 0 saturated heterocycles. The number of nitrogens with zero attached hydrogens (tertiary/aromatic N) is 2. The molecule has 27 heavy (non-hydrogen) atoms. The monoisotopic (exact) mass is 376 g/mol. The van der Waals surface area contributed by atoms with Crippen molar-refractivity contribution in [3.05, 3.63) is 88.7 Å². The maximum atomic E-state index is 12.4. The van der Waals surface area contributed by atoms with Crippen molar-refractivity contribution in [2.24, 2.45) is 0 Å². The predicted octanol–water partition coefficient (Wildman–Crippen LogP) is 4.51. The van der Waals surface area contributed by atoms with Gasteiger partial charge >= 0.3 is 0 Å². The van der Waals surface area contributed by atoms with Crippen molar-refractivity contribution >= 4 is 28.9 Å². The number of nitriles is 1. The molecular formula is C21H17ClN4O. The molecule has 0 atom stereocenters. The number of hydrogen-bond acceptors (Lipinski definition) is 4. The zero-order valence-electron chi connectivity index (χ0n) is 14.4.